The lowest BCUT2D eigenvalue weighted by Crippen LogP contribution is -2.10. The summed E-state index contributed by atoms with van der Waals surface area (Å²) in [5.74, 6) is -0.222. The fraction of sp³-hybridized carbons (Fsp3) is 0.154. The highest BCUT2D eigenvalue weighted by molar-refractivity contribution is 5.95. The SMILES string of the molecule is O=C(Cn1cccc1)c1ccc(C(F)(F)F)cc1. The van der Waals surface area contributed by atoms with Crippen LogP contribution >= 0.6 is 0 Å². The first-order valence-electron chi connectivity index (χ1n) is 5.28. The van der Waals surface area contributed by atoms with Gasteiger partial charge >= 0.3 is 6.18 Å². The first kappa shape index (κ1) is 12.4. The van der Waals surface area contributed by atoms with E-state index in [1.54, 1.807) is 29.1 Å². The second-order valence-corrected chi connectivity index (χ2v) is 3.85. The lowest BCUT2D eigenvalue weighted by molar-refractivity contribution is -0.137. The minimum absolute atomic E-state index is 0.123. The van der Waals surface area contributed by atoms with Crippen molar-refractivity contribution in [3.05, 3.63) is 59.9 Å². The maximum atomic E-state index is 12.3. The van der Waals surface area contributed by atoms with Gasteiger partial charge in [-0.2, -0.15) is 13.2 Å². The summed E-state index contributed by atoms with van der Waals surface area (Å²) < 4.78 is 38.7. The fourth-order valence-corrected chi connectivity index (χ4v) is 1.58. The number of alkyl halides is 3. The Hall–Kier alpha value is -2.04. The van der Waals surface area contributed by atoms with Crippen LogP contribution in [0.25, 0.3) is 0 Å². The van der Waals surface area contributed by atoms with E-state index < -0.39 is 11.7 Å². The first-order valence-corrected chi connectivity index (χ1v) is 5.28. The molecule has 0 radical (unpaired) electrons. The van der Waals surface area contributed by atoms with Gasteiger partial charge in [0.2, 0.25) is 0 Å². The van der Waals surface area contributed by atoms with Crippen molar-refractivity contribution < 1.29 is 18.0 Å². The van der Waals surface area contributed by atoms with E-state index in [0.717, 1.165) is 12.1 Å². The molecule has 2 nitrogen and oxygen atoms in total. The van der Waals surface area contributed by atoms with Crippen molar-refractivity contribution >= 4 is 5.78 Å². The molecular formula is C13H10F3NO. The summed E-state index contributed by atoms with van der Waals surface area (Å²) >= 11 is 0. The van der Waals surface area contributed by atoms with Crippen LogP contribution in [-0.4, -0.2) is 10.4 Å². The van der Waals surface area contributed by atoms with Crippen molar-refractivity contribution in [2.75, 3.05) is 0 Å². The molecule has 0 fully saturated rings. The Kier molecular flexibility index (Phi) is 3.23. The summed E-state index contributed by atoms with van der Waals surface area (Å²) in [7, 11) is 0. The van der Waals surface area contributed by atoms with Gasteiger partial charge in [-0.1, -0.05) is 12.1 Å². The highest BCUT2D eigenvalue weighted by Gasteiger charge is 2.30. The van der Waals surface area contributed by atoms with Gasteiger partial charge in [-0.15, -0.1) is 0 Å². The summed E-state index contributed by atoms with van der Waals surface area (Å²) in [6.07, 6.45) is -0.925. The smallest absolute Gasteiger partial charge is 0.347 e. The molecule has 2 aromatic rings. The Balaban J connectivity index is 2.12. The van der Waals surface area contributed by atoms with Gasteiger partial charge in [-0.05, 0) is 24.3 Å². The maximum Gasteiger partial charge on any atom is 0.416 e. The van der Waals surface area contributed by atoms with Gasteiger partial charge in [0.25, 0.3) is 0 Å². The van der Waals surface area contributed by atoms with Crippen LogP contribution in [0.1, 0.15) is 15.9 Å². The molecule has 5 heteroatoms. The second kappa shape index (κ2) is 4.68. The van der Waals surface area contributed by atoms with Crippen molar-refractivity contribution in [1.82, 2.24) is 4.57 Å². The molecule has 1 aromatic carbocycles. The Morgan fingerprint density at radius 1 is 1.06 bits per heavy atom. The molecule has 94 valence electrons. The van der Waals surface area contributed by atoms with Crippen LogP contribution < -0.4 is 0 Å². The van der Waals surface area contributed by atoms with Crippen LogP contribution in [0.2, 0.25) is 0 Å². The number of hydrogen-bond donors (Lipinski definition) is 0. The number of carbonyl (C=O) groups excluding carboxylic acids is 1. The number of rotatable bonds is 3. The molecule has 1 heterocycles. The van der Waals surface area contributed by atoms with Crippen molar-refractivity contribution in [3.8, 4) is 0 Å². The normalized spacial score (nSPS) is 11.5. The van der Waals surface area contributed by atoms with Crippen LogP contribution in [0.3, 0.4) is 0 Å². The summed E-state index contributed by atoms with van der Waals surface area (Å²) in [4.78, 5) is 11.8. The van der Waals surface area contributed by atoms with Gasteiger partial charge in [0.05, 0.1) is 12.1 Å². The molecule has 0 atom stereocenters. The predicted molar refractivity (Wildman–Crippen MR) is 60.2 cm³/mol. The number of benzene rings is 1. The zero-order valence-corrected chi connectivity index (χ0v) is 9.32. The quantitative estimate of drug-likeness (QED) is 0.768. The van der Waals surface area contributed by atoms with Crippen LogP contribution in [-0.2, 0) is 12.7 Å². The third-order valence-corrected chi connectivity index (χ3v) is 2.53. The van der Waals surface area contributed by atoms with Crippen molar-refractivity contribution in [1.29, 1.82) is 0 Å². The van der Waals surface area contributed by atoms with Gasteiger partial charge in [0, 0.05) is 18.0 Å². The predicted octanol–water partition coefficient (Wildman–Crippen LogP) is 3.39. The molecule has 0 saturated carbocycles. The Morgan fingerprint density at radius 2 is 1.61 bits per heavy atom. The molecule has 18 heavy (non-hydrogen) atoms. The van der Waals surface area contributed by atoms with E-state index in [-0.39, 0.29) is 17.9 Å². The summed E-state index contributed by atoms with van der Waals surface area (Å²) in [5, 5.41) is 0. The molecule has 0 aliphatic carbocycles. The van der Waals surface area contributed by atoms with Crippen molar-refractivity contribution in [3.63, 3.8) is 0 Å². The Labute approximate surface area is 102 Å². The van der Waals surface area contributed by atoms with E-state index >= 15 is 0 Å². The van der Waals surface area contributed by atoms with Gasteiger partial charge < -0.3 is 4.57 Å². The first-order chi connectivity index (χ1) is 8.47. The molecule has 0 aliphatic rings. The van der Waals surface area contributed by atoms with E-state index in [4.69, 9.17) is 0 Å². The molecule has 0 amide bonds. The zero-order chi connectivity index (χ0) is 13.2. The molecule has 0 aliphatic heterocycles. The Morgan fingerprint density at radius 3 is 2.11 bits per heavy atom. The van der Waals surface area contributed by atoms with Crippen molar-refractivity contribution in [2.45, 2.75) is 12.7 Å². The van der Waals surface area contributed by atoms with Crippen LogP contribution in [0, 0.1) is 0 Å². The number of halogens is 3. The topological polar surface area (TPSA) is 22.0 Å². The zero-order valence-electron chi connectivity index (χ0n) is 9.32. The number of aromatic nitrogens is 1. The third-order valence-electron chi connectivity index (χ3n) is 2.53. The fourth-order valence-electron chi connectivity index (χ4n) is 1.58. The van der Waals surface area contributed by atoms with Gasteiger partial charge in [0.1, 0.15) is 0 Å². The highest BCUT2D eigenvalue weighted by atomic mass is 19.4. The standard InChI is InChI=1S/C13H10F3NO/c14-13(15,16)11-5-3-10(4-6-11)12(18)9-17-7-1-2-8-17/h1-8H,9H2. The average molecular weight is 253 g/mol. The molecule has 0 saturated heterocycles. The number of hydrogen-bond acceptors (Lipinski definition) is 1. The summed E-state index contributed by atoms with van der Waals surface area (Å²) in [6.45, 7) is 0.123. The number of nitrogens with zero attached hydrogens (tertiary/aromatic N) is 1. The average Bonchev–Trinajstić information content (AvgIpc) is 2.81. The lowest BCUT2D eigenvalue weighted by Gasteiger charge is -2.07. The third kappa shape index (κ3) is 2.80. The molecule has 0 bridgehead atoms. The van der Waals surface area contributed by atoms with Gasteiger partial charge in [-0.25, -0.2) is 0 Å². The van der Waals surface area contributed by atoms with E-state index in [1.165, 1.54) is 12.1 Å². The monoisotopic (exact) mass is 253 g/mol. The minimum Gasteiger partial charge on any atom is -0.347 e. The molecular weight excluding hydrogens is 243 g/mol. The molecule has 0 N–H and O–H groups in total. The highest BCUT2D eigenvalue weighted by Crippen LogP contribution is 2.29. The molecule has 1 aromatic heterocycles. The van der Waals surface area contributed by atoms with Crippen LogP contribution in [0.4, 0.5) is 13.2 Å². The van der Waals surface area contributed by atoms with Crippen LogP contribution in [0.15, 0.2) is 48.8 Å². The summed E-state index contributed by atoms with van der Waals surface area (Å²) in [6, 6.07) is 7.80. The largest absolute Gasteiger partial charge is 0.416 e. The number of Topliss-reactive ketones (excluding diaryl/α,β-unsaturated/α-hetero) is 1. The molecule has 0 spiro atoms. The van der Waals surface area contributed by atoms with E-state index in [9.17, 15) is 18.0 Å². The second-order valence-electron chi connectivity index (χ2n) is 3.85. The van der Waals surface area contributed by atoms with Gasteiger partial charge in [0.15, 0.2) is 5.78 Å². The Bertz CT molecular complexity index is 526. The van der Waals surface area contributed by atoms with E-state index in [0.29, 0.717) is 0 Å². The summed E-state index contributed by atoms with van der Waals surface area (Å²) in [5.41, 5.74) is -0.475. The van der Waals surface area contributed by atoms with Crippen molar-refractivity contribution in [2.24, 2.45) is 0 Å². The van der Waals surface area contributed by atoms with E-state index in [2.05, 4.69) is 0 Å². The lowest BCUT2D eigenvalue weighted by atomic mass is 10.1. The maximum absolute atomic E-state index is 12.3. The molecule has 2 rings (SSSR count). The van der Waals surface area contributed by atoms with E-state index in [1.807, 2.05) is 0 Å². The number of carbonyl (C=O) groups is 1. The number of ketones is 1. The van der Waals surface area contributed by atoms with Crippen LogP contribution in [0.5, 0.6) is 0 Å². The van der Waals surface area contributed by atoms with Gasteiger partial charge in [-0.3, -0.25) is 4.79 Å². The molecule has 0 unspecified atom stereocenters. The minimum atomic E-state index is -4.37.